The first-order chi connectivity index (χ1) is 5.66. The maximum absolute atomic E-state index is 9.69. The first-order valence-corrected chi connectivity index (χ1v) is 5.22. The molecule has 1 unspecified atom stereocenters. The summed E-state index contributed by atoms with van der Waals surface area (Å²) in [6.07, 6.45) is 1.06. The van der Waals surface area contributed by atoms with Crippen molar-refractivity contribution in [1.82, 2.24) is 0 Å². The second-order valence-electron chi connectivity index (χ2n) is 2.99. The Kier molecular flexibility index (Phi) is 3.38. The first-order valence-electron chi connectivity index (χ1n) is 4.14. The Hall–Kier alpha value is -0.250. The first kappa shape index (κ1) is 9.84. The Morgan fingerprint density at radius 2 is 2.17 bits per heavy atom. The Balaban J connectivity index is 3.07. The number of phenolic OH excluding ortho intramolecular Hbond substituents is 1. The lowest BCUT2D eigenvalue weighted by molar-refractivity contribution is 0.458. The third kappa shape index (κ3) is 1.91. The molecule has 0 aliphatic rings. The molecule has 0 heterocycles. The van der Waals surface area contributed by atoms with Crippen LogP contribution in [0.2, 0.25) is 0 Å². The number of phenols is 1. The van der Waals surface area contributed by atoms with E-state index < -0.39 is 0 Å². The van der Waals surface area contributed by atoms with E-state index in [9.17, 15) is 5.11 Å². The van der Waals surface area contributed by atoms with Gasteiger partial charge in [-0.2, -0.15) is 0 Å². The van der Waals surface area contributed by atoms with Gasteiger partial charge in [-0.05, 0) is 46.6 Å². The predicted octanol–water partition coefficient (Wildman–Crippen LogP) is 3.51. The van der Waals surface area contributed by atoms with Crippen molar-refractivity contribution in [3.8, 4) is 5.75 Å². The van der Waals surface area contributed by atoms with Crippen molar-refractivity contribution in [3.05, 3.63) is 27.3 Å². The van der Waals surface area contributed by atoms with Gasteiger partial charge in [-0.1, -0.05) is 26.0 Å². The highest BCUT2D eigenvalue weighted by Gasteiger charge is 2.09. The number of halogens is 1. The zero-order valence-electron chi connectivity index (χ0n) is 7.34. The van der Waals surface area contributed by atoms with Gasteiger partial charge < -0.3 is 5.11 Å². The standard InChI is InChI=1S/C10H13IO/c1-3-7(2)8-5-4-6-9(11)10(8)12/h4-7,12H,3H2,1-2H3. The van der Waals surface area contributed by atoms with Crippen molar-refractivity contribution in [3.63, 3.8) is 0 Å². The molecule has 0 bridgehead atoms. The fourth-order valence-electron chi connectivity index (χ4n) is 1.15. The largest absolute Gasteiger partial charge is 0.507 e. The van der Waals surface area contributed by atoms with Crippen molar-refractivity contribution < 1.29 is 5.11 Å². The average Bonchev–Trinajstić information content (AvgIpc) is 2.08. The van der Waals surface area contributed by atoms with E-state index in [2.05, 4.69) is 36.4 Å². The minimum Gasteiger partial charge on any atom is -0.507 e. The zero-order chi connectivity index (χ0) is 9.14. The van der Waals surface area contributed by atoms with Crippen LogP contribution in [0.5, 0.6) is 5.75 Å². The molecule has 0 aliphatic heterocycles. The van der Waals surface area contributed by atoms with E-state index in [1.807, 2.05) is 18.2 Å². The van der Waals surface area contributed by atoms with Crippen LogP contribution in [0.15, 0.2) is 18.2 Å². The van der Waals surface area contributed by atoms with Crippen molar-refractivity contribution in [2.24, 2.45) is 0 Å². The molecule has 0 amide bonds. The molecule has 1 aromatic rings. The highest BCUT2D eigenvalue weighted by molar-refractivity contribution is 14.1. The van der Waals surface area contributed by atoms with E-state index >= 15 is 0 Å². The molecule has 1 N–H and O–H groups in total. The molecule has 1 aromatic carbocycles. The molecule has 2 heteroatoms. The van der Waals surface area contributed by atoms with Crippen LogP contribution in [0.25, 0.3) is 0 Å². The van der Waals surface area contributed by atoms with Crippen LogP contribution in [-0.4, -0.2) is 5.11 Å². The van der Waals surface area contributed by atoms with E-state index in [1.54, 1.807) is 0 Å². The molecule has 0 saturated heterocycles. The van der Waals surface area contributed by atoms with Crippen LogP contribution in [0.1, 0.15) is 31.7 Å². The molecule has 0 aromatic heterocycles. The summed E-state index contributed by atoms with van der Waals surface area (Å²) in [5.41, 5.74) is 1.06. The lowest BCUT2D eigenvalue weighted by Gasteiger charge is -2.11. The highest BCUT2D eigenvalue weighted by atomic mass is 127. The van der Waals surface area contributed by atoms with Crippen molar-refractivity contribution >= 4 is 22.6 Å². The lowest BCUT2D eigenvalue weighted by Crippen LogP contribution is -1.92. The van der Waals surface area contributed by atoms with E-state index in [-0.39, 0.29) is 0 Å². The number of hydrogen-bond donors (Lipinski definition) is 1. The molecular formula is C10H13IO. The summed E-state index contributed by atoms with van der Waals surface area (Å²) in [4.78, 5) is 0. The summed E-state index contributed by atoms with van der Waals surface area (Å²) in [5, 5.41) is 9.69. The van der Waals surface area contributed by atoms with Gasteiger partial charge in [0, 0.05) is 0 Å². The van der Waals surface area contributed by atoms with Gasteiger partial charge in [-0.25, -0.2) is 0 Å². The molecule has 66 valence electrons. The second kappa shape index (κ2) is 4.12. The maximum atomic E-state index is 9.69. The molecule has 1 atom stereocenters. The molecule has 1 rings (SSSR count). The molecule has 0 radical (unpaired) electrons. The quantitative estimate of drug-likeness (QED) is 0.819. The van der Waals surface area contributed by atoms with Gasteiger partial charge in [0.25, 0.3) is 0 Å². The summed E-state index contributed by atoms with van der Waals surface area (Å²) in [5.74, 6) is 0.896. The summed E-state index contributed by atoms with van der Waals surface area (Å²) in [6, 6.07) is 5.90. The van der Waals surface area contributed by atoms with Crippen LogP contribution < -0.4 is 0 Å². The summed E-state index contributed by atoms with van der Waals surface area (Å²) in [6.45, 7) is 4.26. The number of benzene rings is 1. The highest BCUT2D eigenvalue weighted by Crippen LogP contribution is 2.31. The van der Waals surface area contributed by atoms with Gasteiger partial charge in [0.05, 0.1) is 3.57 Å². The molecule has 0 spiro atoms. The van der Waals surface area contributed by atoms with E-state index in [1.165, 1.54) is 0 Å². The predicted molar refractivity (Wildman–Crippen MR) is 59.5 cm³/mol. The summed E-state index contributed by atoms with van der Waals surface area (Å²) >= 11 is 2.15. The van der Waals surface area contributed by atoms with E-state index in [0.717, 1.165) is 15.6 Å². The van der Waals surface area contributed by atoms with Crippen LogP contribution >= 0.6 is 22.6 Å². The lowest BCUT2D eigenvalue weighted by atomic mass is 9.98. The van der Waals surface area contributed by atoms with E-state index in [4.69, 9.17) is 0 Å². The molecule has 0 saturated carbocycles. The SMILES string of the molecule is CCC(C)c1cccc(I)c1O. The fraction of sp³-hybridized carbons (Fsp3) is 0.400. The second-order valence-corrected chi connectivity index (χ2v) is 4.15. The Morgan fingerprint density at radius 1 is 1.50 bits per heavy atom. The van der Waals surface area contributed by atoms with Crippen LogP contribution in [0.3, 0.4) is 0 Å². The average molecular weight is 276 g/mol. The molecule has 12 heavy (non-hydrogen) atoms. The Labute approximate surface area is 86.9 Å². The van der Waals surface area contributed by atoms with Gasteiger partial charge in [-0.15, -0.1) is 0 Å². The van der Waals surface area contributed by atoms with Crippen LogP contribution in [0, 0.1) is 3.57 Å². The summed E-state index contributed by atoms with van der Waals surface area (Å²) in [7, 11) is 0. The van der Waals surface area contributed by atoms with E-state index in [0.29, 0.717) is 11.7 Å². The van der Waals surface area contributed by atoms with Crippen molar-refractivity contribution in [2.45, 2.75) is 26.2 Å². The number of hydrogen-bond acceptors (Lipinski definition) is 1. The van der Waals surface area contributed by atoms with Gasteiger partial charge >= 0.3 is 0 Å². The Bertz CT molecular complexity index is 271. The smallest absolute Gasteiger partial charge is 0.132 e. The van der Waals surface area contributed by atoms with Gasteiger partial charge in [0.15, 0.2) is 0 Å². The maximum Gasteiger partial charge on any atom is 0.132 e. The summed E-state index contributed by atoms with van der Waals surface area (Å²) < 4.78 is 0.936. The van der Waals surface area contributed by atoms with Gasteiger partial charge in [-0.3, -0.25) is 0 Å². The monoisotopic (exact) mass is 276 g/mol. The van der Waals surface area contributed by atoms with Crippen molar-refractivity contribution in [1.29, 1.82) is 0 Å². The van der Waals surface area contributed by atoms with Gasteiger partial charge in [0.2, 0.25) is 0 Å². The molecular weight excluding hydrogens is 263 g/mol. The zero-order valence-corrected chi connectivity index (χ0v) is 9.50. The van der Waals surface area contributed by atoms with Crippen molar-refractivity contribution in [2.75, 3.05) is 0 Å². The molecule has 1 nitrogen and oxygen atoms in total. The number of aromatic hydroxyl groups is 1. The fourth-order valence-corrected chi connectivity index (χ4v) is 1.67. The topological polar surface area (TPSA) is 20.2 Å². The van der Waals surface area contributed by atoms with Crippen LogP contribution in [-0.2, 0) is 0 Å². The third-order valence-corrected chi connectivity index (χ3v) is 3.03. The van der Waals surface area contributed by atoms with Gasteiger partial charge in [0.1, 0.15) is 5.75 Å². The molecule has 0 fully saturated rings. The normalized spacial score (nSPS) is 12.9. The minimum absolute atomic E-state index is 0.444. The number of para-hydroxylation sites is 1. The van der Waals surface area contributed by atoms with Crippen LogP contribution in [0.4, 0.5) is 0 Å². The number of rotatable bonds is 2. The minimum atomic E-state index is 0.444. The molecule has 0 aliphatic carbocycles. The third-order valence-electron chi connectivity index (χ3n) is 2.16. The Morgan fingerprint density at radius 3 is 2.75 bits per heavy atom.